The Morgan fingerprint density at radius 1 is 1.12 bits per heavy atom. The molecule has 0 spiro atoms. The Morgan fingerprint density at radius 2 is 1.85 bits per heavy atom. The van der Waals surface area contributed by atoms with Crippen LogP contribution < -0.4 is 20.2 Å². The van der Waals surface area contributed by atoms with Gasteiger partial charge in [-0.2, -0.15) is 5.10 Å². The lowest BCUT2D eigenvalue weighted by atomic mass is 10.2. The van der Waals surface area contributed by atoms with E-state index in [0.29, 0.717) is 28.3 Å². The van der Waals surface area contributed by atoms with Crippen molar-refractivity contribution in [2.75, 3.05) is 19.5 Å². The Hall–Kier alpha value is -2.87. The van der Waals surface area contributed by atoms with Crippen LogP contribution in [0.1, 0.15) is 22.8 Å². The van der Waals surface area contributed by atoms with E-state index < -0.39 is 5.91 Å². The molecule has 26 heavy (non-hydrogen) atoms. The molecule has 136 valence electrons. The van der Waals surface area contributed by atoms with Gasteiger partial charge in [-0.1, -0.05) is 6.07 Å². The second-order valence-corrected chi connectivity index (χ2v) is 6.04. The Balaban J connectivity index is 2.12. The van der Waals surface area contributed by atoms with Gasteiger partial charge >= 0.3 is 0 Å². The average molecular weight is 420 g/mol. The van der Waals surface area contributed by atoms with Crippen LogP contribution in [0.15, 0.2) is 46.0 Å². The van der Waals surface area contributed by atoms with Gasteiger partial charge in [-0.3, -0.25) is 9.59 Å². The number of hydrazone groups is 1. The first-order valence-electron chi connectivity index (χ1n) is 7.57. The van der Waals surface area contributed by atoms with Crippen molar-refractivity contribution >= 4 is 39.6 Å². The molecule has 0 unspecified atom stereocenters. The topological polar surface area (TPSA) is 89.0 Å². The smallest absolute Gasteiger partial charge is 0.271 e. The summed E-state index contributed by atoms with van der Waals surface area (Å²) in [6, 6.07) is 10.0. The van der Waals surface area contributed by atoms with Crippen molar-refractivity contribution in [1.29, 1.82) is 0 Å². The molecular formula is C18H18BrN3O4. The highest BCUT2D eigenvalue weighted by Crippen LogP contribution is 2.31. The van der Waals surface area contributed by atoms with Gasteiger partial charge in [0.25, 0.3) is 5.91 Å². The zero-order valence-corrected chi connectivity index (χ0v) is 16.1. The van der Waals surface area contributed by atoms with E-state index in [9.17, 15) is 9.59 Å². The molecule has 0 aliphatic carbocycles. The molecule has 0 saturated carbocycles. The number of nitrogens with zero attached hydrogens (tertiary/aromatic N) is 1. The Labute approximate surface area is 159 Å². The Bertz CT molecular complexity index is 852. The molecule has 0 saturated heterocycles. The molecule has 0 radical (unpaired) electrons. The number of amides is 2. The largest absolute Gasteiger partial charge is 0.496 e. The van der Waals surface area contributed by atoms with E-state index in [1.54, 1.807) is 43.5 Å². The molecular weight excluding hydrogens is 402 g/mol. The van der Waals surface area contributed by atoms with Crippen molar-refractivity contribution in [3.8, 4) is 11.5 Å². The Morgan fingerprint density at radius 3 is 2.50 bits per heavy atom. The molecule has 0 bridgehead atoms. The van der Waals surface area contributed by atoms with Gasteiger partial charge in [0.2, 0.25) is 5.91 Å². The summed E-state index contributed by atoms with van der Waals surface area (Å²) in [5, 5.41) is 6.58. The number of carbonyl (C=O) groups is 2. The molecule has 2 aromatic carbocycles. The van der Waals surface area contributed by atoms with Gasteiger partial charge in [0.1, 0.15) is 11.5 Å². The number of hydrogen-bond acceptors (Lipinski definition) is 5. The van der Waals surface area contributed by atoms with Crippen LogP contribution in [0, 0.1) is 0 Å². The average Bonchev–Trinajstić information content (AvgIpc) is 2.61. The summed E-state index contributed by atoms with van der Waals surface area (Å²) in [6.07, 6.45) is 1.47. The molecule has 7 nitrogen and oxygen atoms in total. The molecule has 2 rings (SSSR count). The zero-order chi connectivity index (χ0) is 19.1. The second kappa shape index (κ2) is 9.00. The predicted molar refractivity (Wildman–Crippen MR) is 103 cm³/mol. The predicted octanol–water partition coefficient (Wildman–Crippen LogP) is 3.19. The molecule has 0 atom stereocenters. The fraction of sp³-hybridized carbons (Fsp3) is 0.167. The molecule has 0 heterocycles. The maximum absolute atomic E-state index is 12.2. The summed E-state index contributed by atoms with van der Waals surface area (Å²) < 4.78 is 11.2. The number of halogens is 1. The summed E-state index contributed by atoms with van der Waals surface area (Å²) in [6.45, 7) is 1.40. The summed E-state index contributed by atoms with van der Waals surface area (Å²) in [5.41, 5.74) is 4.01. The van der Waals surface area contributed by atoms with Crippen LogP contribution in [0.5, 0.6) is 11.5 Å². The fourth-order valence-corrected chi connectivity index (χ4v) is 2.67. The number of benzene rings is 2. The summed E-state index contributed by atoms with van der Waals surface area (Å²) >= 11 is 3.39. The van der Waals surface area contributed by atoms with Gasteiger partial charge in [-0.05, 0) is 40.2 Å². The number of nitrogens with one attached hydrogen (secondary N) is 2. The molecule has 0 fully saturated rings. The van der Waals surface area contributed by atoms with E-state index in [1.165, 1.54) is 20.2 Å². The van der Waals surface area contributed by atoms with E-state index in [1.807, 2.05) is 0 Å². The van der Waals surface area contributed by atoms with Gasteiger partial charge < -0.3 is 14.8 Å². The highest BCUT2D eigenvalue weighted by Gasteiger charge is 2.09. The van der Waals surface area contributed by atoms with Gasteiger partial charge in [0.15, 0.2) is 0 Å². The van der Waals surface area contributed by atoms with Crippen molar-refractivity contribution in [1.82, 2.24) is 5.43 Å². The van der Waals surface area contributed by atoms with Gasteiger partial charge in [-0.25, -0.2) is 5.43 Å². The third-order valence-electron chi connectivity index (χ3n) is 3.32. The first kappa shape index (κ1) is 19.5. The second-order valence-electron chi connectivity index (χ2n) is 5.19. The number of hydrogen-bond donors (Lipinski definition) is 2. The van der Waals surface area contributed by atoms with Crippen molar-refractivity contribution in [2.24, 2.45) is 5.10 Å². The number of rotatable bonds is 6. The first-order chi connectivity index (χ1) is 12.4. The van der Waals surface area contributed by atoms with Crippen LogP contribution in [0.3, 0.4) is 0 Å². The molecule has 2 N–H and O–H groups in total. The molecule has 0 aliphatic heterocycles. The van der Waals surface area contributed by atoms with Crippen LogP contribution in [-0.2, 0) is 4.79 Å². The molecule has 2 aromatic rings. The number of methoxy groups -OCH3 is 2. The van der Waals surface area contributed by atoms with Crippen LogP contribution in [-0.4, -0.2) is 32.2 Å². The summed E-state index contributed by atoms with van der Waals surface area (Å²) in [4.78, 5) is 23.3. The van der Waals surface area contributed by atoms with Crippen LogP contribution in [0.25, 0.3) is 0 Å². The van der Waals surface area contributed by atoms with E-state index in [2.05, 4.69) is 31.8 Å². The SMILES string of the molecule is COc1cc(OC)c(/C=N\NC(=O)c2cccc(NC(C)=O)c2)cc1Br. The number of anilines is 1. The van der Waals surface area contributed by atoms with Crippen molar-refractivity contribution in [2.45, 2.75) is 6.92 Å². The third-order valence-corrected chi connectivity index (χ3v) is 3.94. The minimum atomic E-state index is -0.403. The Kier molecular flexibility index (Phi) is 6.74. The van der Waals surface area contributed by atoms with Gasteiger partial charge in [0, 0.05) is 29.8 Å². The van der Waals surface area contributed by atoms with E-state index >= 15 is 0 Å². The standard InChI is InChI=1S/C18H18BrN3O4/c1-11(23)21-14-6-4-5-12(7-14)18(24)22-20-10-13-8-15(19)17(26-3)9-16(13)25-2/h4-10H,1-3H3,(H,21,23)(H,22,24)/b20-10-. The van der Waals surface area contributed by atoms with Crippen LogP contribution >= 0.6 is 15.9 Å². The lowest BCUT2D eigenvalue weighted by Gasteiger charge is -2.09. The molecule has 0 aromatic heterocycles. The zero-order valence-electron chi connectivity index (χ0n) is 14.5. The minimum Gasteiger partial charge on any atom is -0.496 e. The van der Waals surface area contributed by atoms with Gasteiger partial charge in [-0.15, -0.1) is 0 Å². The van der Waals surface area contributed by atoms with Crippen molar-refractivity contribution in [3.63, 3.8) is 0 Å². The van der Waals surface area contributed by atoms with Crippen LogP contribution in [0.4, 0.5) is 5.69 Å². The minimum absolute atomic E-state index is 0.210. The molecule has 2 amide bonds. The van der Waals surface area contributed by atoms with E-state index in [4.69, 9.17) is 9.47 Å². The number of ether oxygens (including phenoxy) is 2. The normalized spacial score (nSPS) is 10.5. The molecule has 0 aliphatic rings. The fourth-order valence-electron chi connectivity index (χ4n) is 2.15. The van der Waals surface area contributed by atoms with Crippen molar-refractivity contribution in [3.05, 3.63) is 52.0 Å². The first-order valence-corrected chi connectivity index (χ1v) is 8.36. The highest BCUT2D eigenvalue weighted by atomic mass is 79.9. The monoisotopic (exact) mass is 419 g/mol. The lowest BCUT2D eigenvalue weighted by Crippen LogP contribution is -2.18. The van der Waals surface area contributed by atoms with Crippen LogP contribution in [0.2, 0.25) is 0 Å². The number of carbonyl (C=O) groups excluding carboxylic acids is 2. The maximum atomic E-state index is 12.2. The molecule has 8 heteroatoms. The third kappa shape index (κ3) is 5.06. The van der Waals surface area contributed by atoms with E-state index in [0.717, 1.165) is 4.47 Å². The summed E-state index contributed by atoms with van der Waals surface area (Å²) in [7, 11) is 3.09. The lowest BCUT2D eigenvalue weighted by molar-refractivity contribution is -0.114. The van der Waals surface area contributed by atoms with Crippen molar-refractivity contribution < 1.29 is 19.1 Å². The van der Waals surface area contributed by atoms with E-state index in [-0.39, 0.29) is 5.91 Å². The van der Waals surface area contributed by atoms with Gasteiger partial charge in [0.05, 0.1) is 24.9 Å². The summed E-state index contributed by atoms with van der Waals surface area (Å²) in [5.74, 6) is 0.561. The quantitative estimate of drug-likeness (QED) is 0.555. The maximum Gasteiger partial charge on any atom is 0.271 e. The highest BCUT2D eigenvalue weighted by molar-refractivity contribution is 9.10.